The van der Waals surface area contributed by atoms with Crippen molar-refractivity contribution in [2.24, 2.45) is 7.05 Å². The zero-order chi connectivity index (χ0) is 15.8. The van der Waals surface area contributed by atoms with Crippen LogP contribution in [0.2, 0.25) is 0 Å². The largest absolute Gasteiger partial charge is 0.353 e. The first-order valence-electron chi connectivity index (χ1n) is 7.81. The number of aryl methyl sites for hydroxylation is 1. The van der Waals surface area contributed by atoms with Gasteiger partial charge in [-0.2, -0.15) is 5.10 Å². The normalized spacial score (nSPS) is 18.5. The van der Waals surface area contributed by atoms with Gasteiger partial charge in [0.25, 0.3) is 0 Å². The van der Waals surface area contributed by atoms with Crippen molar-refractivity contribution < 1.29 is 0 Å². The third-order valence-electron chi connectivity index (χ3n) is 4.18. The lowest BCUT2D eigenvalue weighted by Crippen LogP contribution is -2.49. The smallest absolute Gasteiger partial charge is 0.164 e. The van der Waals surface area contributed by atoms with Crippen LogP contribution in [0.1, 0.15) is 6.92 Å². The highest BCUT2D eigenvalue weighted by atomic mass is 15.3. The number of fused-ring (bicyclic) bond motifs is 1. The summed E-state index contributed by atoms with van der Waals surface area (Å²) in [5.41, 5.74) is 1.82. The molecule has 7 nitrogen and oxygen atoms in total. The van der Waals surface area contributed by atoms with Gasteiger partial charge in [0.05, 0.1) is 11.6 Å². The summed E-state index contributed by atoms with van der Waals surface area (Å²) in [6.07, 6.45) is 5.38. The van der Waals surface area contributed by atoms with E-state index in [1.54, 1.807) is 17.1 Å². The van der Waals surface area contributed by atoms with Gasteiger partial charge in [0, 0.05) is 50.7 Å². The molecule has 4 rings (SSSR count). The Kier molecular flexibility index (Phi) is 3.42. The van der Waals surface area contributed by atoms with Crippen molar-refractivity contribution >= 4 is 16.9 Å². The first kappa shape index (κ1) is 14.1. The SMILES string of the molecule is CC1CN(c2nc(-c3ccncc3)nc3c2cnn3C)CCN1. The van der Waals surface area contributed by atoms with Crippen molar-refractivity contribution in [3.8, 4) is 11.4 Å². The maximum atomic E-state index is 4.85. The molecular formula is C16H19N7. The Morgan fingerprint density at radius 2 is 2.04 bits per heavy atom. The second kappa shape index (κ2) is 5.58. The van der Waals surface area contributed by atoms with E-state index in [1.807, 2.05) is 25.4 Å². The predicted octanol–water partition coefficient (Wildman–Crippen LogP) is 1.22. The molecule has 4 heterocycles. The second-order valence-electron chi connectivity index (χ2n) is 5.91. The average Bonchev–Trinajstić information content (AvgIpc) is 2.96. The van der Waals surface area contributed by atoms with Crippen LogP contribution >= 0.6 is 0 Å². The van der Waals surface area contributed by atoms with Gasteiger partial charge < -0.3 is 10.2 Å². The van der Waals surface area contributed by atoms with E-state index in [4.69, 9.17) is 9.97 Å². The first-order valence-corrected chi connectivity index (χ1v) is 7.81. The number of anilines is 1. The van der Waals surface area contributed by atoms with Crippen LogP contribution < -0.4 is 10.2 Å². The van der Waals surface area contributed by atoms with Gasteiger partial charge in [-0.15, -0.1) is 0 Å². The molecule has 118 valence electrons. The number of rotatable bonds is 2. The van der Waals surface area contributed by atoms with Crippen molar-refractivity contribution in [1.82, 2.24) is 30.0 Å². The van der Waals surface area contributed by atoms with Gasteiger partial charge in [0.1, 0.15) is 5.82 Å². The molecule has 0 bridgehead atoms. The van der Waals surface area contributed by atoms with Crippen LogP contribution in [0, 0.1) is 0 Å². The molecule has 23 heavy (non-hydrogen) atoms. The van der Waals surface area contributed by atoms with E-state index in [2.05, 4.69) is 27.2 Å². The van der Waals surface area contributed by atoms with Crippen LogP contribution in [-0.4, -0.2) is 50.4 Å². The van der Waals surface area contributed by atoms with E-state index in [0.29, 0.717) is 11.9 Å². The molecule has 1 aliphatic heterocycles. The maximum Gasteiger partial charge on any atom is 0.164 e. The number of hydrogen-bond donors (Lipinski definition) is 1. The van der Waals surface area contributed by atoms with E-state index in [-0.39, 0.29) is 0 Å². The molecule has 0 amide bonds. The van der Waals surface area contributed by atoms with Crippen molar-refractivity contribution in [1.29, 1.82) is 0 Å². The highest BCUT2D eigenvalue weighted by Crippen LogP contribution is 2.27. The molecule has 1 atom stereocenters. The van der Waals surface area contributed by atoms with E-state index >= 15 is 0 Å². The molecule has 0 saturated carbocycles. The van der Waals surface area contributed by atoms with E-state index in [9.17, 15) is 0 Å². The van der Waals surface area contributed by atoms with Crippen molar-refractivity contribution in [3.05, 3.63) is 30.7 Å². The molecule has 1 N–H and O–H groups in total. The van der Waals surface area contributed by atoms with Crippen LogP contribution in [0.4, 0.5) is 5.82 Å². The lowest BCUT2D eigenvalue weighted by Gasteiger charge is -2.33. The summed E-state index contributed by atoms with van der Waals surface area (Å²) in [6.45, 7) is 5.01. The molecule has 3 aromatic rings. The molecular weight excluding hydrogens is 290 g/mol. The van der Waals surface area contributed by atoms with Crippen LogP contribution in [0.25, 0.3) is 22.4 Å². The molecule has 0 aliphatic carbocycles. The first-order chi connectivity index (χ1) is 11.2. The molecule has 1 aliphatic rings. The fourth-order valence-electron chi connectivity index (χ4n) is 3.00. The number of piperazine rings is 1. The maximum absolute atomic E-state index is 4.85. The Morgan fingerprint density at radius 3 is 2.83 bits per heavy atom. The standard InChI is InChI=1S/C16H19N7/c1-11-10-23(8-7-18-11)16-13-9-19-22(2)15(13)20-14(21-16)12-3-5-17-6-4-12/h3-6,9,11,18H,7-8,10H2,1-2H3. The third-order valence-corrected chi connectivity index (χ3v) is 4.18. The monoisotopic (exact) mass is 309 g/mol. The molecule has 0 aromatic carbocycles. The minimum Gasteiger partial charge on any atom is -0.353 e. The zero-order valence-corrected chi connectivity index (χ0v) is 13.3. The summed E-state index contributed by atoms with van der Waals surface area (Å²) < 4.78 is 1.80. The molecule has 7 heteroatoms. The summed E-state index contributed by atoms with van der Waals surface area (Å²) in [4.78, 5) is 15.9. The van der Waals surface area contributed by atoms with Gasteiger partial charge in [-0.1, -0.05) is 0 Å². The van der Waals surface area contributed by atoms with Crippen molar-refractivity contribution in [2.75, 3.05) is 24.5 Å². The number of aromatic nitrogens is 5. The number of pyridine rings is 1. The van der Waals surface area contributed by atoms with Gasteiger partial charge >= 0.3 is 0 Å². The fraction of sp³-hybridized carbons (Fsp3) is 0.375. The van der Waals surface area contributed by atoms with Crippen molar-refractivity contribution in [3.63, 3.8) is 0 Å². The van der Waals surface area contributed by atoms with Crippen LogP contribution in [-0.2, 0) is 7.05 Å². The Bertz CT molecular complexity index is 827. The lowest BCUT2D eigenvalue weighted by molar-refractivity contribution is 0.483. The molecule has 1 unspecified atom stereocenters. The Hall–Kier alpha value is -2.54. The third kappa shape index (κ3) is 2.53. The van der Waals surface area contributed by atoms with E-state index < -0.39 is 0 Å². The number of hydrogen-bond acceptors (Lipinski definition) is 6. The van der Waals surface area contributed by atoms with Crippen LogP contribution in [0.15, 0.2) is 30.7 Å². The second-order valence-corrected chi connectivity index (χ2v) is 5.91. The summed E-state index contributed by atoms with van der Waals surface area (Å²) >= 11 is 0. The van der Waals surface area contributed by atoms with Gasteiger partial charge in [0.2, 0.25) is 0 Å². The minimum absolute atomic E-state index is 0.440. The summed E-state index contributed by atoms with van der Waals surface area (Å²) in [5.74, 6) is 1.67. The van der Waals surface area contributed by atoms with Gasteiger partial charge in [-0.05, 0) is 19.1 Å². The van der Waals surface area contributed by atoms with Crippen LogP contribution in [0.5, 0.6) is 0 Å². The van der Waals surface area contributed by atoms with Gasteiger partial charge in [0.15, 0.2) is 11.5 Å². The molecule has 3 aromatic heterocycles. The topological polar surface area (TPSA) is 71.8 Å². The minimum atomic E-state index is 0.440. The fourth-order valence-corrected chi connectivity index (χ4v) is 3.00. The highest BCUT2D eigenvalue weighted by molar-refractivity contribution is 5.88. The van der Waals surface area contributed by atoms with Gasteiger partial charge in [-0.3, -0.25) is 9.67 Å². The summed E-state index contributed by atoms with van der Waals surface area (Å²) in [5, 5.41) is 8.83. The Balaban J connectivity index is 1.88. The Morgan fingerprint density at radius 1 is 1.22 bits per heavy atom. The molecule has 1 fully saturated rings. The summed E-state index contributed by atoms with van der Waals surface area (Å²) in [6, 6.07) is 4.30. The predicted molar refractivity (Wildman–Crippen MR) is 89.2 cm³/mol. The van der Waals surface area contributed by atoms with Crippen molar-refractivity contribution in [2.45, 2.75) is 13.0 Å². The lowest BCUT2D eigenvalue weighted by atomic mass is 10.2. The van der Waals surface area contributed by atoms with E-state index in [1.165, 1.54) is 0 Å². The number of nitrogens with zero attached hydrogens (tertiary/aromatic N) is 6. The quantitative estimate of drug-likeness (QED) is 0.767. The zero-order valence-electron chi connectivity index (χ0n) is 13.3. The van der Waals surface area contributed by atoms with Gasteiger partial charge in [-0.25, -0.2) is 9.97 Å². The highest BCUT2D eigenvalue weighted by Gasteiger charge is 2.22. The molecule has 1 saturated heterocycles. The molecule has 0 spiro atoms. The average molecular weight is 309 g/mol. The number of nitrogens with one attached hydrogen (secondary N) is 1. The Labute approximate surface area is 134 Å². The van der Waals surface area contributed by atoms with E-state index in [0.717, 1.165) is 42.0 Å². The van der Waals surface area contributed by atoms with Crippen LogP contribution in [0.3, 0.4) is 0 Å². The molecule has 0 radical (unpaired) electrons. The summed E-state index contributed by atoms with van der Waals surface area (Å²) in [7, 11) is 1.91.